The van der Waals surface area contributed by atoms with Crippen LogP contribution in [0.1, 0.15) is 12.8 Å². The van der Waals surface area contributed by atoms with Crippen LogP contribution in [0.25, 0.3) is 0 Å². The summed E-state index contributed by atoms with van der Waals surface area (Å²) >= 11 is 0. The second-order valence-corrected chi connectivity index (χ2v) is 4.75. The Kier molecular flexibility index (Phi) is 6.33. The first kappa shape index (κ1) is 13.9. The Morgan fingerprint density at radius 1 is 1.14 bits per heavy atom. The zero-order valence-corrected chi connectivity index (χ0v) is 9.58. The van der Waals surface area contributed by atoms with E-state index in [4.69, 9.17) is 13.3 Å². The zero-order chi connectivity index (χ0) is 11.2. The Bertz CT molecular complexity index is 150. The van der Waals surface area contributed by atoms with Gasteiger partial charge in [0, 0.05) is 27.8 Å². The third kappa shape index (κ3) is 4.40. The van der Waals surface area contributed by atoms with Crippen molar-refractivity contribution in [3.8, 4) is 0 Å². The lowest BCUT2D eigenvalue weighted by Crippen LogP contribution is -2.40. The van der Waals surface area contributed by atoms with Crippen molar-refractivity contribution < 1.29 is 26.4 Å². The minimum atomic E-state index is -2.99. The number of rotatable bonds is 3. The van der Waals surface area contributed by atoms with Crippen LogP contribution in [0.15, 0.2) is 0 Å². The van der Waals surface area contributed by atoms with Crippen molar-refractivity contribution >= 4 is 9.53 Å². The third-order valence-electron chi connectivity index (χ3n) is 1.77. The molecule has 0 aromatic rings. The fourth-order valence-corrected chi connectivity index (χ4v) is 1.34. The maximum atomic E-state index is 11.6. The maximum Gasteiger partial charge on any atom is 0.483 e. The van der Waals surface area contributed by atoms with Crippen molar-refractivity contribution in [2.75, 3.05) is 21.3 Å². The predicted octanol–water partition coefficient (Wildman–Crippen LogP) is 1.40. The molecule has 1 aliphatic carbocycles. The quantitative estimate of drug-likeness (QED) is 0.688. The first-order valence-electron chi connectivity index (χ1n) is 4.08. The molecule has 1 saturated carbocycles. The van der Waals surface area contributed by atoms with Crippen molar-refractivity contribution in [2.24, 2.45) is 0 Å². The molecule has 86 valence electrons. The van der Waals surface area contributed by atoms with Gasteiger partial charge in [-0.2, -0.15) is 0 Å². The predicted molar refractivity (Wildman–Crippen MR) is 47.3 cm³/mol. The first-order valence-corrected chi connectivity index (χ1v) is 5.49. The van der Waals surface area contributed by atoms with E-state index in [1.807, 2.05) is 0 Å². The van der Waals surface area contributed by atoms with Crippen LogP contribution in [-0.2, 0) is 13.3 Å². The highest BCUT2D eigenvalue weighted by Crippen LogP contribution is 2.39. The van der Waals surface area contributed by atoms with Gasteiger partial charge in [-0.3, -0.25) is 0 Å². The molecule has 3 nitrogen and oxygen atoms in total. The van der Waals surface area contributed by atoms with E-state index in [1.165, 1.54) is 0 Å². The van der Waals surface area contributed by atoms with Crippen molar-refractivity contribution in [2.45, 2.75) is 24.9 Å². The minimum absolute atomic E-state index is 0.0347. The average Bonchev–Trinajstić information content (AvgIpc) is 2.19. The van der Waals surface area contributed by atoms with E-state index in [0.29, 0.717) is 0 Å². The number of hydrogen-bond donors (Lipinski definition) is 0. The summed E-state index contributed by atoms with van der Waals surface area (Å²) < 4.78 is 48.9. The Hall–Kier alpha value is -0.113. The van der Waals surface area contributed by atoms with E-state index in [-0.39, 0.29) is 12.8 Å². The van der Waals surface area contributed by atoms with Crippen LogP contribution in [0.4, 0.5) is 13.2 Å². The standard InChI is InChI=1S/C4H5F3.C3H10O3Si/c5-3-1-2-4(3,6)7;1-4-7(5-2)6-3/h3H,1-2H2;7H,1-3H3. The Balaban J connectivity index is 0.000000241. The van der Waals surface area contributed by atoms with E-state index >= 15 is 0 Å². The molecule has 0 saturated heterocycles. The molecule has 0 amide bonds. The van der Waals surface area contributed by atoms with Crippen molar-refractivity contribution in [3.63, 3.8) is 0 Å². The second-order valence-electron chi connectivity index (χ2n) is 2.76. The van der Waals surface area contributed by atoms with Crippen LogP contribution >= 0.6 is 0 Å². The molecule has 0 heterocycles. The van der Waals surface area contributed by atoms with Gasteiger partial charge in [-0.1, -0.05) is 0 Å². The van der Waals surface area contributed by atoms with Gasteiger partial charge in [-0.05, 0) is 6.42 Å². The molecule has 7 heteroatoms. The van der Waals surface area contributed by atoms with Crippen LogP contribution in [0, 0.1) is 0 Å². The SMILES string of the molecule is CO[SiH](OC)OC.FC1CCC1(F)F. The highest BCUT2D eigenvalue weighted by molar-refractivity contribution is 6.36. The Morgan fingerprint density at radius 3 is 1.50 bits per heavy atom. The molecule has 1 rings (SSSR count). The molecule has 0 aliphatic heterocycles. The molecule has 0 aromatic heterocycles. The van der Waals surface area contributed by atoms with Crippen LogP contribution < -0.4 is 0 Å². The molecule has 0 spiro atoms. The van der Waals surface area contributed by atoms with Gasteiger partial charge in [0.05, 0.1) is 0 Å². The molecule has 1 unspecified atom stereocenters. The van der Waals surface area contributed by atoms with Crippen molar-refractivity contribution in [1.82, 2.24) is 0 Å². The van der Waals surface area contributed by atoms with Gasteiger partial charge in [0.25, 0.3) is 5.92 Å². The molecule has 0 N–H and O–H groups in total. The van der Waals surface area contributed by atoms with Gasteiger partial charge in [0.2, 0.25) is 0 Å². The van der Waals surface area contributed by atoms with Gasteiger partial charge >= 0.3 is 9.53 Å². The summed E-state index contributed by atoms with van der Waals surface area (Å²) in [7, 11) is 3.05. The monoisotopic (exact) mass is 232 g/mol. The van der Waals surface area contributed by atoms with Crippen LogP contribution in [0.3, 0.4) is 0 Å². The Labute approximate surface area is 83.1 Å². The first-order chi connectivity index (χ1) is 6.47. The molecular formula is C7H15F3O3Si. The van der Waals surface area contributed by atoms with Gasteiger partial charge in [0.1, 0.15) is 0 Å². The third-order valence-corrected chi connectivity index (χ3v) is 2.92. The minimum Gasteiger partial charge on any atom is -0.379 e. The number of hydrogen-bond acceptors (Lipinski definition) is 3. The Morgan fingerprint density at radius 2 is 1.50 bits per heavy atom. The molecule has 1 atom stereocenters. The number of alkyl halides is 3. The van der Waals surface area contributed by atoms with E-state index in [9.17, 15) is 13.2 Å². The lowest BCUT2D eigenvalue weighted by molar-refractivity contribution is -0.141. The van der Waals surface area contributed by atoms with Gasteiger partial charge < -0.3 is 13.3 Å². The van der Waals surface area contributed by atoms with Crippen LogP contribution in [-0.4, -0.2) is 43.0 Å². The molecule has 0 bridgehead atoms. The highest BCUT2D eigenvalue weighted by atomic mass is 28.3. The lowest BCUT2D eigenvalue weighted by atomic mass is 9.93. The summed E-state index contributed by atoms with van der Waals surface area (Å²) in [6.45, 7) is 0. The number of halogens is 3. The van der Waals surface area contributed by atoms with E-state index in [0.717, 1.165) is 0 Å². The molecular weight excluding hydrogens is 217 g/mol. The highest BCUT2D eigenvalue weighted by Gasteiger charge is 2.48. The molecule has 1 fully saturated rings. The fourth-order valence-electron chi connectivity index (χ4n) is 0.760. The molecule has 1 aliphatic rings. The maximum absolute atomic E-state index is 11.6. The molecule has 0 radical (unpaired) electrons. The topological polar surface area (TPSA) is 27.7 Å². The van der Waals surface area contributed by atoms with E-state index in [1.54, 1.807) is 21.3 Å². The summed E-state index contributed by atoms with van der Waals surface area (Å²) in [5.74, 6) is -2.99. The molecule has 0 aromatic carbocycles. The second kappa shape index (κ2) is 6.39. The summed E-state index contributed by atoms with van der Waals surface area (Å²) in [4.78, 5) is 0. The summed E-state index contributed by atoms with van der Waals surface area (Å²) in [5, 5.41) is 0. The summed E-state index contributed by atoms with van der Waals surface area (Å²) in [6, 6.07) is 0. The lowest BCUT2D eigenvalue weighted by Gasteiger charge is -2.29. The summed E-state index contributed by atoms with van der Waals surface area (Å²) in [6.07, 6.45) is -2.09. The van der Waals surface area contributed by atoms with Crippen molar-refractivity contribution in [3.05, 3.63) is 0 Å². The van der Waals surface area contributed by atoms with Gasteiger partial charge in [-0.15, -0.1) is 0 Å². The van der Waals surface area contributed by atoms with Crippen LogP contribution in [0.5, 0.6) is 0 Å². The largest absolute Gasteiger partial charge is 0.483 e. The normalized spacial score (nSPS) is 23.8. The van der Waals surface area contributed by atoms with E-state index < -0.39 is 21.6 Å². The molecule has 14 heavy (non-hydrogen) atoms. The van der Waals surface area contributed by atoms with Gasteiger partial charge in [0.15, 0.2) is 6.17 Å². The van der Waals surface area contributed by atoms with Crippen LogP contribution in [0.2, 0.25) is 0 Å². The van der Waals surface area contributed by atoms with E-state index in [2.05, 4.69) is 0 Å². The zero-order valence-electron chi connectivity index (χ0n) is 8.43. The fraction of sp³-hybridized carbons (Fsp3) is 1.00. The van der Waals surface area contributed by atoms with Crippen molar-refractivity contribution in [1.29, 1.82) is 0 Å². The smallest absolute Gasteiger partial charge is 0.379 e. The van der Waals surface area contributed by atoms with Gasteiger partial charge in [-0.25, -0.2) is 13.2 Å². The summed E-state index contributed by atoms with van der Waals surface area (Å²) in [5.41, 5.74) is 0. The average molecular weight is 232 g/mol.